The first-order valence-corrected chi connectivity index (χ1v) is 9.73. The Morgan fingerprint density at radius 3 is 2.74 bits per heavy atom. The molecule has 3 heterocycles. The normalized spacial score (nSPS) is 11.1. The van der Waals surface area contributed by atoms with Gasteiger partial charge >= 0.3 is 0 Å². The molecule has 27 heavy (non-hydrogen) atoms. The number of halogens is 2. The minimum Gasteiger partial charge on any atom is -0.296 e. The second kappa shape index (κ2) is 6.96. The summed E-state index contributed by atoms with van der Waals surface area (Å²) in [6.45, 7) is 3.81. The van der Waals surface area contributed by atoms with Crippen LogP contribution in [0.4, 0.5) is 5.13 Å². The van der Waals surface area contributed by atoms with Gasteiger partial charge in [0.2, 0.25) is 0 Å². The lowest BCUT2D eigenvalue weighted by molar-refractivity contribution is 0.102. The molecule has 4 rings (SSSR count). The molecule has 136 valence electrons. The molecule has 5 nitrogen and oxygen atoms in total. The van der Waals surface area contributed by atoms with Crippen molar-refractivity contribution in [1.82, 2.24) is 14.4 Å². The summed E-state index contributed by atoms with van der Waals surface area (Å²) in [6, 6.07) is 9.11. The van der Waals surface area contributed by atoms with Crippen LogP contribution in [-0.4, -0.2) is 20.3 Å². The van der Waals surface area contributed by atoms with Crippen LogP contribution < -0.4 is 5.32 Å². The van der Waals surface area contributed by atoms with Crippen LogP contribution in [0.1, 0.15) is 21.7 Å². The van der Waals surface area contributed by atoms with Crippen molar-refractivity contribution in [3.8, 4) is 11.3 Å². The highest BCUT2D eigenvalue weighted by atomic mass is 35.5. The number of carbonyl (C=O) groups is 1. The summed E-state index contributed by atoms with van der Waals surface area (Å²) < 4.78 is 1.78. The van der Waals surface area contributed by atoms with Crippen molar-refractivity contribution in [3.05, 3.63) is 68.9 Å². The van der Waals surface area contributed by atoms with Crippen LogP contribution in [0.15, 0.2) is 41.9 Å². The fourth-order valence-electron chi connectivity index (χ4n) is 2.85. The zero-order valence-corrected chi connectivity index (χ0v) is 16.8. The van der Waals surface area contributed by atoms with Gasteiger partial charge in [-0.3, -0.25) is 14.5 Å². The number of rotatable bonds is 3. The van der Waals surface area contributed by atoms with Crippen molar-refractivity contribution in [2.75, 3.05) is 5.32 Å². The highest BCUT2D eigenvalue weighted by molar-refractivity contribution is 7.14. The zero-order chi connectivity index (χ0) is 19.1. The third kappa shape index (κ3) is 3.43. The first kappa shape index (κ1) is 18.0. The fraction of sp³-hybridized carbons (Fsp3) is 0.105. The third-order valence-corrected chi connectivity index (χ3v) is 5.41. The van der Waals surface area contributed by atoms with E-state index in [0.29, 0.717) is 32.3 Å². The summed E-state index contributed by atoms with van der Waals surface area (Å²) in [5, 5.41) is 6.26. The van der Waals surface area contributed by atoms with E-state index < -0.39 is 0 Å². The maximum absolute atomic E-state index is 12.8. The van der Waals surface area contributed by atoms with Crippen LogP contribution in [-0.2, 0) is 0 Å². The van der Waals surface area contributed by atoms with Gasteiger partial charge in [-0.05, 0) is 49.7 Å². The number of fused-ring (bicyclic) bond motifs is 1. The highest BCUT2D eigenvalue weighted by Crippen LogP contribution is 2.32. The standard InChI is InChI=1S/C19H14Cl2N4OS/c1-10-5-6-25-16(7-10)22-11(2)17(25)18(26)24-19-23-15(9-27-19)13-4-3-12(20)8-14(13)21/h3-9H,1-2H3,(H,23,24,26). The number of pyridine rings is 1. The van der Waals surface area contributed by atoms with E-state index >= 15 is 0 Å². The highest BCUT2D eigenvalue weighted by Gasteiger charge is 2.18. The lowest BCUT2D eigenvalue weighted by atomic mass is 10.2. The maximum atomic E-state index is 12.8. The van der Waals surface area contributed by atoms with Crippen LogP contribution >= 0.6 is 34.5 Å². The van der Waals surface area contributed by atoms with Crippen molar-refractivity contribution in [3.63, 3.8) is 0 Å². The smallest absolute Gasteiger partial charge is 0.276 e. The molecule has 0 spiro atoms. The molecule has 3 aromatic heterocycles. The van der Waals surface area contributed by atoms with E-state index in [9.17, 15) is 4.79 Å². The lowest BCUT2D eigenvalue weighted by Crippen LogP contribution is -2.15. The predicted molar refractivity (Wildman–Crippen MR) is 110 cm³/mol. The molecule has 0 unspecified atom stereocenters. The Morgan fingerprint density at radius 1 is 1.15 bits per heavy atom. The number of thiazole rings is 1. The molecule has 1 N–H and O–H groups in total. The number of carbonyl (C=O) groups excluding carboxylic acids is 1. The van der Waals surface area contributed by atoms with Crippen LogP contribution in [0.3, 0.4) is 0 Å². The molecule has 0 radical (unpaired) electrons. The second-order valence-electron chi connectivity index (χ2n) is 6.09. The van der Waals surface area contributed by atoms with Crippen LogP contribution in [0.2, 0.25) is 10.0 Å². The Kier molecular flexibility index (Phi) is 4.63. The Hall–Kier alpha value is -2.41. The van der Waals surface area contributed by atoms with E-state index in [1.54, 1.807) is 16.5 Å². The molecular weight excluding hydrogens is 403 g/mol. The largest absolute Gasteiger partial charge is 0.296 e. The van der Waals surface area contributed by atoms with Gasteiger partial charge < -0.3 is 0 Å². The number of nitrogens with zero attached hydrogens (tertiary/aromatic N) is 3. The SMILES string of the molecule is Cc1ccn2c(C(=O)Nc3nc(-c4ccc(Cl)cc4Cl)cs3)c(C)nc2c1. The van der Waals surface area contributed by atoms with Crippen LogP contribution in [0, 0.1) is 13.8 Å². The average molecular weight is 417 g/mol. The van der Waals surface area contributed by atoms with Gasteiger partial charge in [0, 0.05) is 22.2 Å². The third-order valence-electron chi connectivity index (χ3n) is 4.10. The lowest BCUT2D eigenvalue weighted by Gasteiger charge is -2.04. The number of imidazole rings is 1. The number of nitrogens with one attached hydrogen (secondary N) is 1. The summed E-state index contributed by atoms with van der Waals surface area (Å²) >= 11 is 13.5. The van der Waals surface area contributed by atoms with Crippen molar-refractivity contribution < 1.29 is 4.79 Å². The number of hydrogen-bond donors (Lipinski definition) is 1. The topological polar surface area (TPSA) is 59.3 Å². The molecule has 0 aliphatic heterocycles. The van der Waals surface area contributed by atoms with Crippen molar-refractivity contribution in [1.29, 1.82) is 0 Å². The van der Waals surface area contributed by atoms with E-state index in [0.717, 1.165) is 16.8 Å². The molecule has 4 aromatic rings. The molecule has 1 amide bonds. The van der Waals surface area contributed by atoms with E-state index in [1.165, 1.54) is 11.3 Å². The summed E-state index contributed by atoms with van der Waals surface area (Å²) in [5.41, 5.74) is 4.43. The van der Waals surface area contributed by atoms with Crippen LogP contribution in [0.25, 0.3) is 16.9 Å². The number of anilines is 1. The molecule has 0 atom stereocenters. The van der Waals surface area contributed by atoms with E-state index in [2.05, 4.69) is 15.3 Å². The van der Waals surface area contributed by atoms with Crippen molar-refractivity contribution in [2.24, 2.45) is 0 Å². The molecule has 0 saturated heterocycles. The van der Waals surface area contributed by atoms with E-state index in [4.69, 9.17) is 23.2 Å². The Bertz CT molecular complexity index is 1180. The molecule has 0 saturated carbocycles. The van der Waals surface area contributed by atoms with Gasteiger partial charge in [0.15, 0.2) is 5.13 Å². The molecule has 0 bridgehead atoms. The molecule has 0 fully saturated rings. The molecule has 0 aliphatic carbocycles. The van der Waals surface area contributed by atoms with Gasteiger partial charge in [0.25, 0.3) is 5.91 Å². The number of aryl methyl sites for hydroxylation is 2. The molecule has 1 aromatic carbocycles. The van der Waals surface area contributed by atoms with E-state index in [1.807, 2.05) is 43.6 Å². The quantitative estimate of drug-likeness (QED) is 0.470. The van der Waals surface area contributed by atoms with Gasteiger partial charge in [-0.2, -0.15) is 0 Å². The zero-order valence-electron chi connectivity index (χ0n) is 14.5. The number of hydrogen-bond acceptors (Lipinski definition) is 4. The Balaban J connectivity index is 1.63. The average Bonchev–Trinajstić information content (AvgIpc) is 3.17. The summed E-state index contributed by atoms with van der Waals surface area (Å²) in [5.74, 6) is -0.257. The molecular formula is C19H14Cl2N4OS. The predicted octanol–water partition coefficient (Wildman–Crippen LogP) is 5.63. The number of aromatic nitrogens is 3. The van der Waals surface area contributed by atoms with Gasteiger partial charge in [-0.1, -0.05) is 23.2 Å². The Morgan fingerprint density at radius 2 is 1.96 bits per heavy atom. The minimum absolute atomic E-state index is 0.257. The Labute approximate surface area is 169 Å². The summed E-state index contributed by atoms with van der Waals surface area (Å²) in [7, 11) is 0. The van der Waals surface area contributed by atoms with Gasteiger partial charge in [0.1, 0.15) is 11.3 Å². The van der Waals surface area contributed by atoms with Gasteiger partial charge in [-0.25, -0.2) is 9.97 Å². The van der Waals surface area contributed by atoms with E-state index in [-0.39, 0.29) is 5.91 Å². The number of amides is 1. The first-order valence-electron chi connectivity index (χ1n) is 8.10. The molecule has 0 aliphatic rings. The first-order chi connectivity index (χ1) is 12.9. The van der Waals surface area contributed by atoms with Crippen molar-refractivity contribution in [2.45, 2.75) is 13.8 Å². The summed E-state index contributed by atoms with van der Waals surface area (Å²) in [6.07, 6.45) is 1.85. The minimum atomic E-state index is -0.257. The van der Waals surface area contributed by atoms with Crippen LogP contribution in [0.5, 0.6) is 0 Å². The number of benzene rings is 1. The van der Waals surface area contributed by atoms with Gasteiger partial charge in [-0.15, -0.1) is 11.3 Å². The monoisotopic (exact) mass is 416 g/mol. The molecule has 8 heteroatoms. The maximum Gasteiger partial charge on any atom is 0.276 e. The summed E-state index contributed by atoms with van der Waals surface area (Å²) in [4.78, 5) is 21.7. The fourth-order valence-corrected chi connectivity index (χ4v) is 4.06. The van der Waals surface area contributed by atoms with Gasteiger partial charge in [0.05, 0.1) is 16.4 Å². The van der Waals surface area contributed by atoms with Crippen molar-refractivity contribution >= 4 is 51.2 Å². The second-order valence-corrected chi connectivity index (χ2v) is 7.80.